The number of unbranched alkanes of at least 4 members (excludes halogenated alkanes) is 12. The van der Waals surface area contributed by atoms with Crippen LogP contribution in [0.2, 0.25) is 0 Å². The van der Waals surface area contributed by atoms with Crippen LogP contribution in [-0.2, 0) is 9.53 Å². The van der Waals surface area contributed by atoms with E-state index in [-0.39, 0.29) is 0 Å². The summed E-state index contributed by atoms with van der Waals surface area (Å²) in [5.41, 5.74) is 0. The van der Waals surface area contributed by atoms with Gasteiger partial charge >= 0.3 is 12.1 Å². The molecule has 0 saturated heterocycles. The first-order valence-corrected chi connectivity index (χ1v) is 10.8. The summed E-state index contributed by atoms with van der Waals surface area (Å²) >= 11 is 0. The number of ether oxygens (including phenoxy) is 1. The lowest BCUT2D eigenvalue weighted by molar-refractivity contribution is -0.139. The van der Waals surface area contributed by atoms with Gasteiger partial charge in [0.1, 0.15) is 6.04 Å². The van der Waals surface area contributed by atoms with Gasteiger partial charge in [-0.15, -0.1) is 0 Å². The van der Waals surface area contributed by atoms with E-state index in [1.165, 1.54) is 57.8 Å². The van der Waals surface area contributed by atoms with E-state index < -0.39 is 18.1 Å². The van der Waals surface area contributed by atoms with Gasteiger partial charge in [-0.3, -0.25) is 0 Å². The maximum Gasteiger partial charge on any atom is 0.407 e. The molecule has 0 spiro atoms. The van der Waals surface area contributed by atoms with E-state index in [0.717, 1.165) is 32.1 Å². The number of alkyl carbamates (subject to hydrolysis) is 1. The van der Waals surface area contributed by atoms with E-state index >= 15 is 0 Å². The molecule has 0 rings (SSSR count). The smallest absolute Gasteiger partial charge is 0.407 e. The fourth-order valence-corrected chi connectivity index (χ4v) is 2.94. The molecule has 5 heteroatoms. The van der Waals surface area contributed by atoms with Gasteiger partial charge in [-0.2, -0.15) is 0 Å². The summed E-state index contributed by atoms with van der Waals surface area (Å²) in [4.78, 5) is 22.8. The van der Waals surface area contributed by atoms with E-state index in [1.54, 1.807) is 0 Å². The van der Waals surface area contributed by atoms with Crippen LogP contribution in [0.1, 0.15) is 110 Å². The Morgan fingerprint density at radius 1 is 0.769 bits per heavy atom. The molecule has 0 aliphatic carbocycles. The molecule has 0 aromatic carbocycles. The molecule has 0 heterocycles. The Balaban J connectivity index is 3.57. The summed E-state index contributed by atoms with van der Waals surface area (Å²) in [7, 11) is 0. The quantitative estimate of drug-likeness (QED) is 0.287. The van der Waals surface area contributed by atoms with Crippen molar-refractivity contribution in [2.75, 3.05) is 6.61 Å². The van der Waals surface area contributed by atoms with Gasteiger partial charge < -0.3 is 15.2 Å². The van der Waals surface area contributed by atoms with Crippen molar-refractivity contribution in [1.29, 1.82) is 0 Å². The van der Waals surface area contributed by atoms with Crippen LogP contribution in [0.3, 0.4) is 0 Å². The number of amides is 1. The molecule has 0 fully saturated rings. The summed E-state index contributed by atoms with van der Waals surface area (Å²) < 4.78 is 4.96. The Kier molecular flexibility index (Phi) is 17.6. The molecule has 0 saturated carbocycles. The van der Waals surface area contributed by atoms with Crippen LogP contribution >= 0.6 is 0 Å². The second-order valence-corrected chi connectivity index (χ2v) is 7.20. The van der Waals surface area contributed by atoms with Crippen molar-refractivity contribution in [3.63, 3.8) is 0 Å². The summed E-state index contributed by atoms with van der Waals surface area (Å²) in [5.74, 6) is -0.986. The van der Waals surface area contributed by atoms with Crippen molar-refractivity contribution in [2.24, 2.45) is 0 Å². The molecular weight excluding hydrogens is 330 g/mol. The molecule has 2 N–H and O–H groups in total. The van der Waals surface area contributed by atoms with E-state index in [9.17, 15) is 14.7 Å². The molecule has 0 radical (unpaired) electrons. The number of carboxylic acid groups (broad SMARTS) is 1. The van der Waals surface area contributed by atoms with E-state index in [0.29, 0.717) is 13.0 Å². The number of rotatable bonds is 18. The third-order valence-electron chi connectivity index (χ3n) is 4.67. The Bertz CT molecular complexity index is 347. The molecule has 154 valence electrons. The van der Waals surface area contributed by atoms with Crippen LogP contribution in [0.4, 0.5) is 4.79 Å². The Morgan fingerprint density at radius 2 is 1.23 bits per heavy atom. The molecule has 26 heavy (non-hydrogen) atoms. The number of carbonyl (C=O) groups is 2. The number of aliphatic carboxylic acids is 1. The first kappa shape index (κ1) is 24.7. The predicted molar refractivity (Wildman–Crippen MR) is 107 cm³/mol. The molecule has 5 nitrogen and oxygen atoms in total. The average Bonchev–Trinajstić information content (AvgIpc) is 2.61. The van der Waals surface area contributed by atoms with Crippen LogP contribution in [0.15, 0.2) is 0 Å². The minimum atomic E-state index is -0.986. The Hall–Kier alpha value is -1.26. The van der Waals surface area contributed by atoms with Crippen LogP contribution < -0.4 is 5.32 Å². The average molecular weight is 372 g/mol. The van der Waals surface area contributed by atoms with E-state index in [2.05, 4.69) is 12.2 Å². The number of carbonyl (C=O) groups excluding carboxylic acids is 1. The minimum Gasteiger partial charge on any atom is -0.480 e. The summed E-state index contributed by atoms with van der Waals surface area (Å²) in [6, 6.07) is -0.841. The highest BCUT2D eigenvalue weighted by Crippen LogP contribution is 2.13. The summed E-state index contributed by atoms with van der Waals surface area (Å²) in [6.07, 6.45) is 16.5. The van der Waals surface area contributed by atoms with Gasteiger partial charge in [0.2, 0.25) is 0 Å². The highest BCUT2D eigenvalue weighted by molar-refractivity contribution is 5.79. The molecule has 0 aliphatic heterocycles. The Morgan fingerprint density at radius 3 is 1.69 bits per heavy atom. The van der Waals surface area contributed by atoms with Crippen molar-refractivity contribution in [3.05, 3.63) is 0 Å². The highest BCUT2D eigenvalue weighted by Gasteiger charge is 2.19. The molecular formula is C21H41NO4. The van der Waals surface area contributed by atoms with Gasteiger partial charge in [0.25, 0.3) is 0 Å². The number of hydrogen-bond donors (Lipinski definition) is 2. The molecule has 0 bridgehead atoms. The largest absolute Gasteiger partial charge is 0.480 e. The fourth-order valence-electron chi connectivity index (χ4n) is 2.94. The second kappa shape index (κ2) is 18.5. The summed E-state index contributed by atoms with van der Waals surface area (Å²) in [5, 5.41) is 11.7. The van der Waals surface area contributed by atoms with Gasteiger partial charge in [-0.25, -0.2) is 9.59 Å². The van der Waals surface area contributed by atoms with Crippen LogP contribution in [0.25, 0.3) is 0 Å². The zero-order valence-corrected chi connectivity index (χ0v) is 17.1. The van der Waals surface area contributed by atoms with Crippen LogP contribution in [0.5, 0.6) is 0 Å². The molecule has 0 aromatic heterocycles. The maximum atomic E-state index is 11.6. The highest BCUT2D eigenvalue weighted by atomic mass is 16.5. The monoisotopic (exact) mass is 371 g/mol. The van der Waals surface area contributed by atoms with Gasteiger partial charge in [0.05, 0.1) is 6.61 Å². The molecule has 1 amide bonds. The van der Waals surface area contributed by atoms with Gasteiger partial charge in [-0.05, 0) is 12.8 Å². The first-order valence-electron chi connectivity index (χ1n) is 10.8. The number of carboxylic acids is 1. The number of nitrogens with one attached hydrogen (secondary N) is 1. The van der Waals surface area contributed by atoms with E-state index in [4.69, 9.17) is 4.74 Å². The first-order chi connectivity index (χ1) is 12.6. The predicted octanol–water partition coefficient (Wildman–Crippen LogP) is 6.06. The van der Waals surface area contributed by atoms with E-state index in [1.807, 2.05) is 6.92 Å². The third kappa shape index (κ3) is 16.2. The molecule has 0 aromatic rings. The lowest BCUT2D eigenvalue weighted by Crippen LogP contribution is -2.41. The van der Waals surface area contributed by atoms with Crippen molar-refractivity contribution >= 4 is 12.1 Å². The normalized spacial score (nSPS) is 11.9. The van der Waals surface area contributed by atoms with Crippen LogP contribution in [-0.4, -0.2) is 29.8 Å². The molecule has 1 unspecified atom stereocenters. The van der Waals surface area contributed by atoms with Crippen molar-refractivity contribution < 1.29 is 19.4 Å². The Labute approximate surface area is 160 Å². The van der Waals surface area contributed by atoms with Crippen molar-refractivity contribution in [2.45, 2.75) is 116 Å². The van der Waals surface area contributed by atoms with Gasteiger partial charge in [-0.1, -0.05) is 97.3 Å². The SMILES string of the molecule is CCCCCCCCCCCCCCC(NC(=O)OCCCC)C(=O)O. The third-order valence-corrected chi connectivity index (χ3v) is 4.67. The van der Waals surface area contributed by atoms with Crippen molar-refractivity contribution in [1.82, 2.24) is 5.32 Å². The topological polar surface area (TPSA) is 75.6 Å². The summed E-state index contributed by atoms with van der Waals surface area (Å²) in [6.45, 7) is 4.59. The lowest BCUT2D eigenvalue weighted by atomic mass is 10.0. The molecule has 1 atom stereocenters. The zero-order chi connectivity index (χ0) is 19.5. The fraction of sp³-hybridized carbons (Fsp3) is 0.905. The minimum absolute atomic E-state index is 0.341. The van der Waals surface area contributed by atoms with Gasteiger partial charge in [0, 0.05) is 0 Å². The standard InChI is InChI=1S/C21H41NO4/c1-3-5-7-8-9-10-11-12-13-14-15-16-17-19(20(23)24)22-21(25)26-18-6-4-2/h19H,3-18H2,1-2H3,(H,22,25)(H,23,24). The number of hydrogen-bond acceptors (Lipinski definition) is 3. The van der Waals surface area contributed by atoms with Crippen molar-refractivity contribution in [3.8, 4) is 0 Å². The van der Waals surface area contributed by atoms with Crippen LogP contribution in [0, 0.1) is 0 Å². The lowest BCUT2D eigenvalue weighted by Gasteiger charge is -2.14. The molecule has 0 aliphatic rings. The zero-order valence-electron chi connectivity index (χ0n) is 17.1. The maximum absolute atomic E-state index is 11.6. The van der Waals surface area contributed by atoms with Gasteiger partial charge in [0.15, 0.2) is 0 Å². The second-order valence-electron chi connectivity index (χ2n) is 7.20.